The van der Waals surface area contributed by atoms with Crippen LogP contribution in [0.3, 0.4) is 0 Å². The minimum Gasteiger partial charge on any atom is -0.500 e. The van der Waals surface area contributed by atoms with E-state index in [-0.39, 0.29) is 18.3 Å². The number of carbonyl (C=O) groups excluding carboxylic acids is 1. The second-order valence-electron chi connectivity index (χ2n) is 5.11. The number of nitro benzene ring substituents is 1. The largest absolute Gasteiger partial charge is 0.500 e. The molecular weight excluding hydrogens is 330 g/mol. The van der Waals surface area contributed by atoms with E-state index in [0.29, 0.717) is 22.6 Å². The van der Waals surface area contributed by atoms with Crippen LogP contribution in [0.5, 0.6) is 23.0 Å². The van der Waals surface area contributed by atoms with Gasteiger partial charge in [-0.1, -0.05) is 6.08 Å². The molecule has 3 rings (SSSR count). The van der Waals surface area contributed by atoms with Crippen LogP contribution in [0.2, 0.25) is 0 Å². The third kappa shape index (κ3) is 3.23. The molecule has 0 radical (unpaired) electrons. The van der Waals surface area contributed by atoms with Crippen molar-refractivity contribution in [3.63, 3.8) is 0 Å². The van der Waals surface area contributed by atoms with Crippen LogP contribution >= 0.6 is 0 Å². The van der Waals surface area contributed by atoms with E-state index in [9.17, 15) is 20.0 Å². The molecule has 0 saturated carbocycles. The highest BCUT2D eigenvalue weighted by Gasteiger charge is 2.19. The Labute approximate surface area is 142 Å². The van der Waals surface area contributed by atoms with Gasteiger partial charge in [-0.15, -0.1) is 0 Å². The van der Waals surface area contributed by atoms with Gasteiger partial charge in [0.2, 0.25) is 12.5 Å². The average Bonchev–Trinajstić information content (AvgIpc) is 3.07. The third-order valence-corrected chi connectivity index (χ3v) is 3.58. The number of hydrogen-bond acceptors (Lipinski definition) is 7. The molecule has 128 valence electrons. The van der Waals surface area contributed by atoms with Gasteiger partial charge in [-0.2, -0.15) is 0 Å². The van der Waals surface area contributed by atoms with Crippen molar-refractivity contribution in [1.29, 1.82) is 0 Å². The van der Waals surface area contributed by atoms with E-state index in [4.69, 9.17) is 14.2 Å². The average molecular weight is 343 g/mol. The Bertz CT molecular complexity index is 889. The molecule has 0 saturated heterocycles. The SMILES string of the molecule is COc1cc(C=CC(=O)c2ccc3c(c2)OCO3)cc([N+](=O)[O-])c1O. The first kappa shape index (κ1) is 16.3. The number of phenolic OH excluding ortho intramolecular Hbond substituents is 1. The van der Waals surface area contributed by atoms with Gasteiger partial charge in [0.15, 0.2) is 23.0 Å². The maximum absolute atomic E-state index is 12.3. The summed E-state index contributed by atoms with van der Waals surface area (Å²) in [5.41, 5.74) is 0.228. The molecule has 2 aromatic rings. The van der Waals surface area contributed by atoms with Crippen LogP contribution in [0.4, 0.5) is 5.69 Å². The Hall–Kier alpha value is -3.55. The number of hydrogen-bond donors (Lipinski definition) is 1. The molecule has 0 bridgehead atoms. The number of fused-ring (bicyclic) bond motifs is 1. The number of rotatable bonds is 5. The molecule has 0 unspecified atom stereocenters. The molecule has 0 aromatic heterocycles. The van der Waals surface area contributed by atoms with E-state index >= 15 is 0 Å². The lowest BCUT2D eigenvalue weighted by molar-refractivity contribution is -0.386. The topological polar surface area (TPSA) is 108 Å². The van der Waals surface area contributed by atoms with Gasteiger partial charge in [0.25, 0.3) is 0 Å². The lowest BCUT2D eigenvalue weighted by atomic mass is 10.1. The van der Waals surface area contributed by atoms with Gasteiger partial charge in [-0.25, -0.2) is 0 Å². The molecule has 1 heterocycles. The Morgan fingerprint density at radius 3 is 2.76 bits per heavy atom. The van der Waals surface area contributed by atoms with Crippen molar-refractivity contribution in [2.45, 2.75) is 0 Å². The van der Waals surface area contributed by atoms with E-state index in [2.05, 4.69) is 0 Å². The van der Waals surface area contributed by atoms with E-state index < -0.39 is 16.4 Å². The maximum Gasteiger partial charge on any atom is 0.315 e. The zero-order valence-corrected chi connectivity index (χ0v) is 13.1. The lowest BCUT2D eigenvalue weighted by Gasteiger charge is -2.05. The molecular formula is C17H13NO7. The summed E-state index contributed by atoms with van der Waals surface area (Å²) in [5, 5.41) is 20.7. The monoisotopic (exact) mass is 343 g/mol. The molecule has 8 nitrogen and oxygen atoms in total. The van der Waals surface area contributed by atoms with Crippen molar-refractivity contribution in [2.75, 3.05) is 13.9 Å². The standard InChI is InChI=1S/C17H13NO7/c1-23-16-7-10(6-12(17(16)20)18(21)22)2-4-13(19)11-3-5-14-15(8-11)25-9-24-14/h2-8,20H,9H2,1H3. The minimum absolute atomic E-state index is 0.0515. The highest BCUT2D eigenvalue weighted by Crippen LogP contribution is 2.37. The second kappa shape index (κ2) is 6.52. The summed E-state index contributed by atoms with van der Waals surface area (Å²) in [6.07, 6.45) is 2.68. The quantitative estimate of drug-likeness (QED) is 0.385. The highest BCUT2D eigenvalue weighted by molar-refractivity contribution is 6.07. The number of aromatic hydroxyl groups is 1. The number of ketones is 1. The summed E-state index contributed by atoms with van der Waals surface area (Å²) < 4.78 is 15.3. The predicted octanol–water partition coefficient (Wildman–Crippen LogP) is 2.93. The Morgan fingerprint density at radius 1 is 1.28 bits per heavy atom. The third-order valence-electron chi connectivity index (χ3n) is 3.58. The summed E-state index contributed by atoms with van der Waals surface area (Å²) in [4.78, 5) is 22.5. The fourth-order valence-corrected chi connectivity index (χ4v) is 2.32. The molecule has 0 fully saturated rings. The molecule has 0 atom stereocenters. The first-order valence-electron chi connectivity index (χ1n) is 7.17. The van der Waals surface area contributed by atoms with Crippen molar-refractivity contribution in [3.8, 4) is 23.0 Å². The summed E-state index contributed by atoms with van der Waals surface area (Å²) in [6.45, 7) is 0.111. The van der Waals surface area contributed by atoms with Crippen LogP contribution in [-0.2, 0) is 0 Å². The van der Waals surface area contributed by atoms with E-state index in [1.165, 1.54) is 25.3 Å². The molecule has 1 N–H and O–H groups in total. The Balaban J connectivity index is 1.87. The van der Waals surface area contributed by atoms with Crippen molar-refractivity contribution in [2.24, 2.45) is 0 Å². The number of nitro groups is 1. The van der Waals surface area contributed by atoms with Crippen molar-refractivity contribution in [1.82, 2.24) is 0 Å². The number of phenols is 1. The predicted molar refractivity (Wildman–Crippen MR) is 87.2 cm³/mol. The van der Waals surface area contributed by atoms with Crippen molar-refractivity contribution >= 4 is 17.5 Å². The smallest absolute Gasteiger partial charge is 0.315 e. The maximum atomic E-state index is 12.3. The van der Waals surface area contributed by atoms with Gasteiger partial charge in [-0.3, -0.25) is 14.9 Å². The van der Waals surface area contributed by atoms with E-state index in [1.54, 1.807) is 18.2 Å². The lowest BCUT2D eigenvalue weighted by Crippen LogP contribution is -1.95. The van der Waals surface area contributed by atoms with Crippen LogP contribution in [0.1, 0.15) is 15.9 Å². The molecule has 0 aliphatic carbocycles. The molecule has 1 aliphatic rings. The van der Waals surface area contributed by atoms with Crippen molar-refractivity contribution < 1.29 is 29.0 Å². The molecule has 2 aromatic carbocycles. The van der Waals surface area contributed by atoms with Crippen LogP contribution in [-0.4, -0.2) is 29.7 Å². The van der Waals surface area contributed by atoms with E-state index in [1.807, 2.05) is 0 Å². The van der Waals surface area contributed by atoms with E-state index in [0.717, 1.165) is 6.07 Å². The summed E-state index contributed by atoms with van der Waals surface area (Å²) >= 11 is 0. The molecule has 25 heavy (non-hydrogen) atoms. The van der Waals surface area contributed by atoms with Gasteiger partial charge in [0, 0.05) is 11.6 Å². The van der Waals surface area contributed by atoms with Crippen LogP contribution in [0.15, 0.2) is 36.4 Å². The zero-order valence-electron chi connectivity index (χ0n) is 13.1. The first-order chi connectivity index (χ1) is 12.0. The molecule has 0 amide bonds. The number of carbonyl (C=O) groups is 1. The molecule has 0 spiro atoms. The highest BCUT2D eigenvalue weighted by atomic mass is 16.7. The Morgan fingerprint density at radius 2 is 2.04 bits per heavy atom. The van der Waals surface area contributed by atoms with Crippen molar-refractivity contribution in [3.05, 3.63) is 57.6 Å². The van der Waals surface area contributed by atoms with Gasteiger partial charge in [-0.05, 0) is 35.9 Å². The summed E-state index contributed by atoms with van der Waals surface area (Å²) in [7, 11) is 1.28. The fourth-order valence-electron chi connectivity index (χ4n) is 2.32. The van der Waals surface area contributed by atoms with Crippen LogP contribution in [0.25, 0.3) is 6.08 Å². The number of allylic oxidation sites excluding steroid dienone is 1. The summed E-state index contributed by atoms with van der Waals surface area (Å²) in [6, 6.07) is 7.35. The van der Waals surface area contributed by atoms with Gasteiger partial charge in [0.05, 0.1) is 12.0 Å². The van der Waals surface area contributed by atoms with Gasteiger partial charge < -0.3 is 19.3 Å². The van der Waals surface area contributed by atoms with Crippen LogP contribution < -0.4 is 14.2 Å². The second-order valence-corrected chi connectivity index (χ2v) is 5.11. The number of nitrogens with zero attached hydrogens (tertiary/aromatic N) is 1. The van der Waals surface area contributed by atoms with Crippen LogP contribution in [0, 0.1) is 10.1 Å². The molecule has 1 aliphatic heterocycles. The fraction of sp³-hybridized carbons (Fsp3) is 0.118. The number of benzene rings is 2. The molecule has 8 heteroatoms. The number of methoxy groups -OCH3 is 1. The Kier molecular flexibility index (Phi) is 4.25. The minimum atomic E-state index is -0.727. The summed E-state index contributed by atoms with van der Waals surface area (Å²) in [5.74, 6) is 0.129. The number of ether oxygens (including phenoxy) is 3. The first-order valence-corrected chi connectivity index (χ1v) is 7.17. The van der Waals surface area contributed by atoms with Gasteiger partial charge in [0.1, 0.15) is 0 Å². The van der Waals surface area contributed by atoms with Gasteiger partial charge >= 0.3 is 5.69 Å². The zero-order chi connectivity index (χ0) is 18.0. The normalized spacial score (nSPS) is 12.4.